The second-order valence-electron chi connectivity index (χ2n) is 9.81. The van der Waals surface area contributed by atoms with Crippen LogP contribution in [-0.2, 0) is 22.7 Å². The molecule has 206 valence electrons. The highest BCUT2D eigenvalue weighted by atomic mass is 16.6. The van der Waals surface area contributed by atoms with Crippen molar-refractivity contribution in [2.45, 2.75) is 39.6 Å². The van der Waals surface area contributed by atoms with Crippen molar-refractivity contribution in [3.8, 4) is 11.5 Å². The molecule has 1 N–H and O–H groups in total. The average Bonchev–Trinajstić information content (AvgIpc) is 2.95. The molecule has 0 aliphatic carbocycles. The Bertz CT molecular complexity index is 1350. The molecule has 0 bridgehead atoms. The maximum Gasteiger partial charge on any atom is 0.335 e. The number of hydrogen-bond acceptors (Lipinski definition) is 5. The Morgan fingerprint density at radius 3 is 1.55 bits per heavy atom. The first kappa shape index (κ1) is 29.7. The Labute approximate surface area is 235 Å². The van der Waals surface area contributed by atoms with Crippen LogP contribution in [0.3, 0.4) is 0 Å². The van der Waals surface area contributed by atoms with Crippen molar-refractivity contribution >= 4 is 18.0 Å². The standard InChI is InChI=1S/C20H22O3.C14H12O3/c1-20(2,3)23-19(21)14-13-16-9-11-17(12-10-16)15-22-18-7-5-4-6-8-18;15-14(16)12-8-6-11(7-9-12)10-17-13-4-2-1-3-5-13/h4-14H,15H2,1-3H3;1-9H,10H2,(H,15,16)/b14-13+;. The van der Waals surface area contributed by atoms with Gasteiger partial charge < -0.3 is 19.3 Å². The lowest BCUT2D eigenvalue weighted by atomic mass is 10.1. The van der Waals surface area contributed by atoms with E-state index in [1.54, 1.807) is 30.3 Å². The number of benzene rings is 4. The van der Waals surface area contributed by atoms with Crippen LogP contribution in [0.25, 0.3) is 6.08 Å². The number of carboxylic acid groups (broad SMARTS) is 1. The van der Waals surface area contributed by atoms with Gasteiger partial charge >= 0.3 is 11.9 Å². The second kappa shape index (κ2) is 14.9. The summed E-state index contributed by atoms with van der Waals surface area (Å²) in [5.74, 6) is 0.394. The summed E-state index contributed by atoms with van der Waals surface area (Å²) in [7, 11) is 0. The number of hydrogen-bond donors (Lipinski definition) is 1. The summed E-state index contributed by atoms with van der Waals surface area (Å²) in [6, 6.07) is 33.7. The van der Waals surface area contributed by atoms with Gasteiger partial charge in [0.1, 0.15) is 30.3 Å². The quantitative estimate of drug-likeness (QED) is 0.175. The van der Waals surface area contributed by atoms with Crippen molar-refractivity contribution in [1.82, 2.24) is 0 Å². The zero-order chi connectivity index (χ0) is 28.8. The highest BCUT2D eigenvalue weighted by Gasteiger charge is 2.13. The fourth-order valence-electron chi connectivity index (χ4n) is 3.34. The summed E-state index contributed by atoms with van der Waals surface area (Å²) in [5, 5.41) is 8.75. The predicted octanol–water partition coefficient (Wildman–Crippen LogP) is 7.58. The Hall–Kier alpha value is -4.84. The topological polar surface area (TPSA) is 82.1 Å². The van der Waals surface area contributed by atoms with Crippen LogP contribution >= 0.6 is 0 Å². The summed E-state index contributed by atoms with van der Waals surface area (Å²) in [4.78, 5) is 22.3. The molecular formula is C34H34O6. The number of carbonyl (C=O) groups is 2. The first-order valence-corrected chi connectivity index (χ1v) is 12.9. The maximum absolute atomic E-state index is 11.6. The molecule has 0 saturated heterocycles. The van der Waals surface area contributed by atoms with Crippen LogP contribution in [0.4, 0.5) is 0 Å². The zero-order valence-electron chi connectivity index (χ0n) is 22.9. The molecule has 0 spiro atoms. The van der Waals surface area contributed by atoms with E-state index in [1.165, 1.54) is 6.08 Å². The highest BCUT2D eigenvalue weighted by molar-refractivity contribution is 5.87. The van der Waals surface area contributed by atoms with E-state index < -0.39 is 11.6 Å². The summed E-state index contributed by atoms with van der Waals surface area (Å²) in [5.41, 5.74) is 2.77. The predicted molar refractivity (Wildman–Crippen MR) is 156 cm³/mol. The molecule has 0 aliphatic heterocycles. The third-order valence-corrected chi connectivity index (χ3v) is 5.30. The Morgan fingerprint density at radius 2 is 1.12 bits per heavy atom. The van der Waals surface area contributed by atoms with Crippen molar-refractivity contribution in [2.24, 2.45) is 0 Å². The fourth-order valence-corrected chi connectivity index (χ4v) is 3.34. The molecule has 0 aromatic heterocycles. The number of carboxylic acids is 1. The van der Waals surface area contributed by atoms with Gasteiger partial charge in [-0.1, -0.05) is 72.8 Å². The molecule has 0 saturated carbocycles. The fraction of sp³-hybridized carbons (Fsp3) is 0.176. The van der Waals surface area contributed by atoms with Gasteiger partial charge in [0.15, 0.2) is 0 Å². The van der Waals surface area contributed by atoms with Gasteiger partial charge in [-0.15, -0.1) is 0 Å². The SMILES string of the molecule is CC(C)(C)OC(=O)/C=C/c1ccc(COc2ccccc2)cc1.O=C(O)c1ccc(COc2ccccc2)cc1. The van der Waals surface area contributed by atoms with E-state index in [0.717, 1.165) is 28.2 Å². The van der Waals surface area contributed by atoms with Crippen LogP contribution in [0.1, 0.15) is 47.8 Å². The number of carbonyl (C=O) groups excluding carboxylic acids is 1. The van der Waals surface area contributed by atoms with E-state index in [0.29, 0.717) is 13.2 Å². The van der Waals surface area contributed by atoms with Gasteiger partial charge in [0.25, 0.3) is 0 Å². The number of ether oxygens (including phenoxy) is 3. The number of rotatable bonds is 9. The number of esters is 1. The van der Waals surface area contributed by atoms with Gasteiger partial charge in [0.2, 0.25) is 0 Å². The lowest BCUT2D eigenvalue weighted by molar-refractivity contribution is -0.148. The minimum absolute atomic E-state index is 0.286. The number of aromatic carboxylic acids is 1. The van der Waals surface area contributed by atoms with E-state index in [9.17, 15) is 9.59 Å². The van der Waals surface area contributed by atoms with E-state index in [-0.39, 0.29) is 11.5 Å². The van der Waals surface area contributed by atoms with Gasteiger partial charge in [0.05, 0.1) is 5.56 Å². The number of para-hydroxylation sites is 2. The largest absolute Gasteiger partial charge is 0.489 e. The Kier molecular flexibility index (Phi) is 11.1. The van der Waals surface area contributed by atoms with E-state index in [4.69, 9.17) is 19.3 Å². The molecule has 0 atom stereocenters. The lowest BCUT2D eigenvalue weighted by Gasteiger charge is -2.17. The van der Waals surface area contributed by atoms with E-state index >= 15 is 0 Å². The first-order chi connectivity index (χ1) is 19.2. The minimum atomic E-state index is -0.916. The minimum Gasteiger partial charge on any atom is -0.489 e. The monoisotopic (exact) mass is 538 g/mol. The van der Waals surface area contributed by atoms with Crippen LogP contribution in [0, 0.1) is 0 Å². The second-order valence-corrected chi connectivity index (χ2v) is 9.81. The van der Waals surface area contributed by atoms with Crippen molar-refractivity contribution in [3.05, 3.63) is 138 Å². The van der Waals surface area contributed by atoms with E-state index in [1.807, 2.05) is 106 Å². The van der Waals surface area contributed by atoms with Crippen LogP contribution in [0.2, 0.25) is 0 Å². The molecule has 4 aromatic carbocycles. The summed E-state index contributed by atoms with van der Waals surface area (Å²) < 4.78 is 16.5. The van der Waals surface area contributed by atoms with Crippen LogP contribution in [0.5, 0.6) is 11.5 Å². The van der Waals surface area contributed by atoms with Gasteiger partial charge in [-0.05, 0) is 79.9 Å². The summed E-state index contributed by atoms with van der Waals surface area (Å²) in [6.45, 7) is 6.49. The Balaban J connectivity index is 0.000000230. The maximum atomic E-state index is 11.6. The third-order valence-electron chi connectivity index (χ3n) is 5.30. The first-order valence-electron chi connectivity index (χ1n) is 12.9. The summed E-state index contributed by atoms with van der Waals surface area (Å²) >= 11 is 0. The molecular weight excluding hydrogens is 504 g/mol. The highest BCUT2D eigenvalue weighted by Crippen LogP contribution is 2.14. The van der Waals surface area contributed by atoms with Crippen LogP contribution in [0.15, 0.2) is 115 Å². The van der Waals surface area contributed by atoms with Gasteiger partial charge in [-0.3, -0.25) is 0 Å². The molecule has 4 rings (SSSR count). The molecule has 4 aromatic rings. The van der Waals surface area contributed by atoms with Crippen LogP contribution in [-0.4, -0.2) is 22.6 Å². The molecule has 0 radical (unpaired) electrons. The zero-order valence-corrected chi connectivity index (χ0v) is 22.9. The van der Waals surface area contributed by atoms with Crippen molar-refractivity contribution in [2.75, 3.05) is 0 Å². The van der Waals surface area contributed by atoms with E-state index in [2.05, 4.69) is 0 Å². The average molecular weight is 539 g/mol. The van der Waals surface area contributed by atoms with Gasteiger partial charge in [0, 0.05) is 6.08 Å². The normalized spacial score (nSPS) is 10.8. The lowest BCUT2D eigenvalue weighted by Crippen LogP contribution is -2.22. The van der Waals surface area contributed by atoms with Crippen LogP contribution < -0.4 is 9.47 Å². The van der Waals surface area contributed by atoms with Crippen molar-refractivity contribution in [3.63, 3.8) is 0 Å². The smallest absolute Gasteiger partial charge is 0.335 e. The molecule has 0 amide bonds. The third kappa shape index (κ3) is 11.3. The van der Waals surface area contributed by atoms with Crippen molar-refractivity contribution < 1.29 is 28.9 Å². The molecule has 0 aliphatic rings. The molecule has 6 heteroatoms. The van der Waals surface area contributed by atoms with Gasteiger partial charge in [-0.2, -0.15) is 0 Å². The molecule has 0 heterocycles. The van der Waals surface area contributed by atoms with Crippen molar-refractivity contribution in [1.29, 1.82) is 0 Å². The molecule has 6 nitrogen and oxygen atoms in total. The molecule has 0 unspecified atom stereocenters. The summed E-state index contributed by atoms with van der Waals surface area (Å²) in [6.07, 6.45) is 3.19. The molecule has 0 fully saturated rings. The molecule has 40 heavy (non-hydrogen) atoms. The Morgan fingerprint density at radius 1 is 0.675 bits per heavy atom. The van der Waals surface area contributed by atoms with Gasteiger partial charge in [-0.25, -0.2) is 9.59 Å².